The normalized spacial score (nSPS) is 9.88. The summed E-state index contributed by atoms with van der Waals surface area (Å²) in [6.07, 6.45) is -5.19. The second kappa shape index (κ2) is 4.87. The van der Waals surface area contributed by atoms with E-state index in [-0.39, 0.29) is 0 Å². The Morgan fingerprint density at radius 2 is 1.06 bits per heavy atom. The van der Waals surface area contributed by atoms with Crippen LogP contribution in [0.15, 0.2) is 36.4 Å². The summed E-state index contributed by atoms with van der Waals surface area (Å²) in [6.45, 7) is 0. The number of rotatable bonds is 2. The van der Waals surface area contributed by atoms with E-state index in [0.717, 1.165) is 18.2 Å². The number of benzene rings is 1. The van der Waals surface area contributed by atoms with E-state index in [0.29, 0.717) is 6.07 Å². The maximum atomic E-state index is 12.7. The molecule has 0 amide bonds. The third-order valence-electron chi connectivity index (χ3n) is 1.70. The third-order valence-corrected chi connectivity index (χ3v) is 1.70. The van der Waals surface area contributed by atoms with E-state index in [1.807, 2.05) is 0 Å². The van der Waals surface area contributed by atoms with Crippen LogP contribution in [0.2, 0.25) is 0 Å². The summed E-state index contributed by atoms with van der Waals surface area (Å²) in [5, 5.41) is 0. The van der Waals surface area contributed by atoms with Crippen LogP contribution in [-0.2, 0) is 0 Å². The molecule has 6 heteroatoms. The van der Waals surface area contributed by atoms with Crippen LogP contribution in [0.3, 0.4) is 0 Å². The molecule has 0 N–H and O–H groups in total. The molecule has 0 heterocycles. The van der Waals surface area contributed by atoms with Crippen molar-refractivity contribution < 1.29 is 26.3 Å². The molecular formula is C10H4F6. The molecule has 0 bridgehead atoms. The molecule has 0 aliphatic rings. The van der Waals surface area contributed by atoms with Gasteiger partial charge >= 0.3 is 12.2 Å². The van der Waals surface area contributed by atoms with Crippen LogP contribution in [0, 0.1) is 0 Å². The molecule has 0 radical (unpaired) electrons. The predicted octanol–water partition coefficient (Wildman–Crippen LogP) is 4.76. The Morgan fingerprint density at radius 3 is 1.38 bits per heavy atom. The van der Waals surface area contributed by atoms with Crippen LogP contribution < -0.4 is 0 Å². The van der Waals surface area contributed by atoms with Gasteiger partial charge in [0.1, 0.15) is 0 Å². The van der Waals surface area contributed by atoms with Crippen molar-refractivity contribution in [3.8, 4) is 0 Å². The molecule has 0 atom stereocenters. The van der Waals surface area contributed by atoms with Gasteiger partial charge in [-0.15, -0.1) is 0 Å². The Bertz CT molecular complexity index is 413. The first-order valence-electron chi connectivity index (χ1n) is 3.96. The maximum Gasteiger partial charge on any atom is 0.306 e. The summed E-state index contributed by atoms with van der Waals surface area (Å²) in [5.41, 5.74) is -1.32. The Balaban J connectivity index is 3.26. The van der Waals surface area contributed by atoms with E-state index in [4.69, 9.17) is 0 Å². The quantitative estimate of drug-likeness (QED) is 0.652. The fraction of sp³-hybridized carbons (Fsp3) is 0. The van der Waals surface area contributed by atoms with Crippen molar-refractivity contribution in [2.75, 3.05) is 0 Å². The van der Waals surface area contributed by atoms with Crippen LogP contribution in [0.5, 0.6) is 0 Å². The minimum atomic E-state index is -2.60. The molecule has 1 aromatic rings. The van der Waals surface area contributed by atoms with Crippen molar-refractivity contribution in [2.45, 2.75) is 0 Å². The Labute approximate surface area is 86.5 Å². The van der Waals surface area contributed by atoms with Crippen molar-refractivity contribution in [2.24, 2.45) is 0 Å². The van der Waals surface area contributed by atoms with Crippen LogP contribution in [0.4, 0.5) is 26.3 Å². The van der Waals surface area contributed by atoms with E-state index in [9.17, 15) is 26.3 Å². The van der Waals surface area contributed by atoms with Gasteiger partial charge in [-0.3, -0.25) is 0 Å². The zero-order valence-corrected chi connectivity index (χ0v) is 7.58. The molecule has 16 heavy (non-hydrogen) atoms. The molecule has 86 valence electrons. The lowest BCUT2D eigenvalue weighted by Crippen LogP contribution is -1.84. The van der Waals surface area contributed by atoms with Crippen LogP contribution in [-0.4, -0.2) is 0 Å². The summed E-state index contributed by atoms with van der Waals surface area (Å²) in [6, 6.07) is 3.40. The van der Waals surface area contributed by atoms with Gasteiger partial charge in [0, 0.05) is 11.1 Å². The lowest BCUT2D eigenvalue weighted by molar-refractivity contribution is 0.410. The molecule has 0 aromatic heterocycles. The topological polar surface area (TPSA) is 0 Å². The molecule has 0 saturated carbocycles. The largest absolute Gasteiger partial charge is 0.306 e. The predicted molar refractivity (Wildman–Crippen MR) is 46.9 cm³/mol. The molecule has 0 saturated heterocycles. The lowest BCUT2D eigenvalue weighted by atomic mass is 10.1. The SMILES string of the molecule is FC(F)=C(F)c1cccc(C(F)=C(F)F)c1. The second-order valence-electron chi connectivity index (χ2n) is 2.73. The molecule has 0 nitrogen and oxygen atoms in total. The second-order valence-corrected chi connectivity index (χ2v) is 2.73. The summed E-state index contributed by atoms with van der Waals surface area (Å²) in [7, 11) is 0. The Kier molecular flexibility index (Phi) is 3.76. The maximum absolute atomic E-state index is 12.7. The smallest absolute Gasteiger partial charge is 0.200 e. The van der Waals surface area contributed by atoms with Gasteiger partial charge in [-0.05, 0) is 6.07 Å². The first-order valence-corrected chi connectivity index (χ1v) is 3.96. The summed E-state index contributed by atoms with van der Waals surface area (Å²) in [5.74, 6) is -3.73. The lowest BCUT2D eigenvalue weighted by Gasteiger charge is -2.00. The van der Waals surface area contributed by atoms with Crippen molar-refractivity contribution >= 4 is 11.7 Å². The monoisotopic (exact) mass is 238 g/mol. The van der Waals surface area contributed by atoms with Crippen molar-refractivity contribution in [3.63, 3.8) is 0 Å². The molecular weight excluding hydrogens is 234 g/mol. The fourth-order valence-electron chi connectivity index (χ4n) is 1.01. The van der Waals surface area contributed by atoms with Gasteiger partial charge in [0.15, 0.2) is 11.7 Å². The van der Waals surface area contributed by atoms with E-state index in [1.165, 1.54) is 0 Å². The minimum absolute atomic E-state index is 0.572. The molecule has 1 aromatic carbocycles. The van der Waals surface area contributed by atoms with Gasteiger partial charge in [0.2, 0.25) is 0 Å². The summed E-state index contributed by atoms with van der Waals surface area (Å²) in [4.78, 5) is 0. The highest BCUT2D eigenvalue weighted by Crippen LogP contribution is 2.27. The standard InChI is InChI=1S/C10H4F6/c11-7(9(13)14)5-2-1-3-6(4-5)8(12)10(15)16/h1-4H. The first kappa shape index (κ1) is 12.4. The van der Waals surface area contributed by atoms with E-state index < -0.39 is 34.9 Å². The summed E-state index contributed by atoms with van der Waals surface area (Å²) < 4.78 is 72.8. The average Bonchev–Trinajstić information content (AvgIpc) is 2.26. The first-order chi connectivity index (χ1) is 7.43. The van der Waals surface area contributed by atoms with E-state index >= 15 is 0 Å². The van der Waals surface area contributed by atoms with Crippen molar-refractivity contribution in [1.82, 2.24) is 0 Å². The van der Waals surface area contributed by atoms with Crippen LogP contribution >= 0.6 is 0 Å². The fourth-order valence-corrected chi connectivity index (χ4v) is 1.01. The average molecular weight is 238 g/mol. The minimum Gasteiger partial charge on any atom is -0.200 e. The van der Waals surface area contributed by atoms with Crippen LogP contribution in [0.1, 0.15) is 11.1 Å². The highest BCUT2D eigenvalue weighted by atomic mass is 19.3. The van der Waals surface area contributed by atoms with Gasteiger partial charge < -0.3 is 0 Å². The molecule has 0 unspecified atom stereocenters. The zero-order chi connectivity index (χ0) is 12.3. The van der Waals surface area contributed by atoms with Gasteiger partial charge in [-0.25, -0.2) is 8.78 Å². The molecule has 0 spiro atoms. The van der Waals surface area contributed by atoms with Gasteiger partial charge in [0.25, 0.3) is 0 Å². The van der Waals surface area contributed by atoms with Crippen LogP contribution in [0.25, 0.3) is 11.7 Å². The number of hydrogen-bond donors (Lipinski definition) is 0. The van der Waals surface area contributed by atoms with Gasteiger partial charge in [-0.2, -0.15) is 17.6 Å². The molecule has 1 rings (SSSR count). The molecule has 0 fully saturated rings. The Hall–Kier alpha value is -1.72. The number of halogens is 6. The van der Waals surface area contributed by atoms with E-state index in [1.54, 1.807) is 0 Å². The molecule has 0 aliphatic carbocycles. The number of hydrogen-bond acceptors (Lipinski definition) is 0. The zero-order valence-electron chi connectivity index (χ0n) is 7.58. The molecule has 0 aliphatic heterocycles. The van der Waals surface area contributed by atoms with E-state index in [2.05, 4.69) is 0 Å². The van der Waals surface area contributed by atoms with Gasteiger partial charge in [-0.1, -0.05) is 18.2 Å². The van der Waals surface area contributed by atoms with Crippen molar-refractivity contribution in [3.05, 3.63) is 47.6 Å². The van der Waals surface area contributed by atoms with Gasteiger partial charge in [0.05, 0.1) is 0 Å². The Morgan fingerprint density at radius 1 is 0.688 bits per heavy atom. The van der Waals surface area contributed by atoms with Crippen molar-refractivity contribution in [1.29, 1.82) is 0 Å². The highest BCUT2D eigenvalue weighted by Gasteiger charge is 2.12. The highest BCUT2D eigenvalue weighted by molar-refractivity contribution is 5.67. The summed E-state index contributed by atoms with van der Waals surface area (Å²) >= 11 is 0. The third kappa shape index (κ3) is 2.65.